The monoisotopic (exact) mass is 194 g/mol. The van der Waals surface area contributed by atoms with Gasteiger partial charge in [0.2, 0.25) is 5.91 Å². The van der Waals surface area contributed by atoms with Crippen LogP contribution in [-0.2, 0) is 4.79 Å². The van der Waals surface area contributed by atoms with Gasteiger partial charge in [-0.1, -0.05) is 6.92 Å². The second-order valence-corrected chi connectivity index (χ2v) is 2.87. The summed E-state index contributed by atoms with van der Waals surface area (Å²) in [7, 11) is 1.55. The fraction of sp³-hybridized carbons (Fsp3) is 0.400. The lowest BCUT2D eigenvalue weighted by atomic mass is 10.3. The Morgan fingerprint density at radius 1 is 1.64 bits per heavy atom. The van der Waals surface area contributed by atoms with Crippen molar-refractivity contribution in [1.82, 2.24) is 4.98 Å². The second-order valence-electron chi connectivity index (χ2n) is 2.87. The van der Waals surface area contributed by atoms with Crippen molar-refractivity contribution >= 4 is 11.6 Å². The molecule has 0 saturated heterocycles. The van der Waals surface area contributed by atoms with Crippen LogP contribution in [0.4, 0.5) is 5.69 Å². The van der Waals surface area contributed by atoms with E-state index in [1.807, 2.05) is 6.92 Å². The summed E-state index contributed by atoms with van der Waals surface area (Å²) in [4.78, 5) is 15.2. The van der Waals surface area contributed by atoms with E-state index in [0.29, 0.717) is 17.9 Å². The zero-order valence-corrected chi connectivity index (χ0v) is 8.41. The van der Waals surface area contributed by atoms with E-state index in [9.17, 15) is 4.79 Å². The number of pyridine rings is 1. The van der Waals surface area contributed by atoms with Gasteiger partial charge in [-0.2, -0.15) is 0 Å². The number of aromatic nitrogens is 1. The predicted octanol–water partition coefficient (Wildman–Crippen LogP) is 1.83. The molecular weight excluding hydrogens is 180 g/mol. The molecule has 76 valence electrons. The molecule has 0 aromatic carbocycles. The molecule has 4 nitrogen and oxygen atoms in total. The van der Waals surface area contributed by atoms with Gasteiger partial charge in [-0.15, -0.1) is 0 Å². The third-order valence-corrected chi connectivity index (χ3v) is 1.76. The first-order valence-corrected chi connectivity index (χ1v) is 4.55. The van der Waals surface area contributed by atoms with Crippen molar-refractivity contribution < 1.29 is 9.53 Å². The van der Waals surface area contributed by atoms with Gasteiger partial charge in [-0.05, 0) is 12.5 Å². The molecule has 4 heteroatoms. The van der Waals surface area contributed by atoms with Crippen LogP contribution in [0.2, 0.25) is 0 Å². The highest BCUT2D eigenvalue weighted by atomic mass is 16.5. The van der Waals surface area contributed by atoms with Crippen LogP contribution in [0.25, 0.3) is 0 Å². The van der Waals surface area contributed by atoms with E-state index in [2.05, 4.69) is 10.3 Å². The van der Waals surface area contributed by atoms with Crippen LogP contribution < -0.4 is 10.1 Å². The average molecular weight is 194 g/mol. The summed E-state index contributed by atoms with van der Waals surface area (Å²) in [5.74, 6) is 0.578. The van der Waals surface area contributed by atoms with Crippen LogP contribution >= 0.6 is 0 Å². The molecule has 1 aromatic heterocycles. The lowest BCUT2D eigenvalue weighted by Gasteiger charge is -2.08. The van der Waals surface area contributed by atoms with Crippen LogP contribution in [0.1, 0.15) is 19.8 Å². The first kappa shape index (κ1) is 10.5. The molecule has 1 amide bonds. The van der Waals surface area contributed by atoms with Crippen LogP contribution in [-0.4, -0.2) is 18.0 Å². The molecule has 14 heavy (non-hydrogen) atoms. The van der Waals surface area contributed by atoms with Crippen LogP contribution in [0.5, 0.6) is 5.75 Å². The minimum Gasteiger partial charge on any atom is -0.493 e. The second kappa shape index (κ2) is 5.21. The third kappa shape index (κ3) is 2.73. The molecule has 1 heterocycles. The van der Waals surface area contributed by atoms with E-state index in [0.717, 1.165) is 6.42 Å². The quantitative estimate of drug-likeness (QED) is 0.795. The summed E-state index contributed by atoms with van der Waals surface area (Å²) >= 11 is 0. The number of nitrogens with zero attached hydrogens (tertiary/aromatic N) is 1. The Hall–Kier alpha value is -1.58. The van der Waals surface area contributed by atoms with Gasteiger partial charge < -0.3 is 10.1 Å². The van der Waals surface area contributed by atoms with E-state index in [-0.39, 0.29) is 5.91 Å². The summed E-state index contributed by atoms with van der Waals surface area (Å²) in [6.07, 6.45) is 4.54. The van der Waals surface area contributed by atoms with E-state index < -0.39 is 0 Å². The van der Waals surface area contributed by atoms with E-state index in [1.54, 1.807) is 25.6 Å². The minimum atomic E-state index is -0.00278. The van der Waals surface area contributed by atoms with Crippen molar-refractivity contribution in [2.45, 2.75) is 19.8 Å². The van der Waals surface area contributed by atoms with Gasteiger partial charge in [-0.25, -0.2) is 0 Å². The number of hydrogen-bond donors (Lipinski definition) is 1. The average Bonchev–Trinajstić information content (AvgIpc) is 2.19. The van der Waals surface area contributed by atoms with Gasteiger partial charge >= 0.3 is 0 Å². The zero-order valence-electron chi connectivity index (χ0n) is 8.41. The first-order chi connectivity index (χ1) is 6.77. The molecule has 0 fully saturated rings. The largest absolute Gasteiger partial charge is 0.493 e. The van der Waals surface area contributed by atoms with E-state index >= 15 is 0 Å². The topological polar surface area (TPSA) is 51.2 Å². The van der Waals surface area contributed by atoms with Crippen molar-refractivity contribution in [3.05, 3.63) is 18.5 Å². The number of hydrogen-bond acceptors (Lipinski definition) is 3. The predicted molar refractivity (Wildman–Crippen MR) is 54.3 cm³/mol. The fourth-order valence-electron chi connectivity index (χ4n) is 1.09. The van der Waals surface area contributed by atoms with Crippen LogP contribution in [0, 0.1) is 0 Å². The summed E-state index contributed by atoms with van der Waals surface area (Å²) in [5.41, 5.74) is 0.668. The van der Waals surface area contributed by atoms with Crippen molar-refractivity contribution in [3.8, 4) is 5.75 Å². The van der Waals surface area contributed by atoms with Crippen molar-refractivity contribution in [3.63, 3.8) is 0 Å². The van der Waals surface area contributed by atoms with E-state index in [1.165, 1.54) is 0 Å². The molecule has 0 bridgehead atoms. The number of methoxy groups -OCH3 is 1. The smallest absolute Gasteiger partial charge is 0.224 e. The number of carbonyl (C=O) groups is 1. The summed E-state index contributed by atoms with van der Waals surface area (Å²) in [5, 5.41) is 2.76. The van der Waals surface area contributed by atoms with Gasteiger partial charge in [-0.3, -0.25) is 9.78 Å². The maximum absolute atomic E-state index is 11.3. The van der Waals surface area contributed by atoms with Crippen molar-refractivity contribution in [2.75, 3.05) is 12.4 Å². The lowest BCUT2D eigenvalue weighted by molar-refractivity contribution is -0.116. The molecule has 0 aliphatic heterocycles. The van der Waals surface area contributed by atoms with Gasteiger partial charge in [0.1, 0.15) is 0 Å². The molecule has 0 saturated carbocycles. The van der Waals surface area contributed by atoms with Gasteiger partial charge in [0.15, 0.2) is 5.75 Å². The molecule has 0 aliphatic carbocycles. The number of anilines is 1. The Kier molecular flexibility index (Phi) is 3.91. The number of carbonyl (C=O) groups excluding carboxylic acids is 1. The number of ether oxygens (including phenoxy) is 1. The third-order valence-electron chi connectivity index (χ3n) is 1.76. The molecule has 0 unspecified atom stereocenters. The highest BCUT2D eigenvalue weighted by Crippen LogP contribution is 2.21. The lowest BCUT2D eigenvalue weighted by Crippen LogP contribution is -2.11. The normalized spacial score (nSPS) is 9.57. The standard InChI is InChI=1S/C10H14N2O2/c1-3-4-10(13)12-8-5-6-11-7-9(8)14-2/h5-7H,3-4H2,1-2H3,(H,11,12,13). The Morgan fingerprint density at radius 2 is 2.43 bits per heavy atom. The van der Waals surface area contributed by atoms with Crippen LogP contribution in [0.15, 0.2) is 18.5 Å². The Labute approximate surface area is 83.3 Å². The minimum absolute atomic E-state index is 0.00278. The summed E-state index contributed by atoms with van der Waals surface area (Å²) in [6, 6.07) is 1.71. The zero-order chi connectivity index (χ0) is 10.4. The van der Waals surface area contributed by atoms with Crippen LogP contribution in [0.3, 0.4) is 0 Å². The van der Waals surface area contributed by atoms with Gasteiger partial charge in [0, 0.05) is 12.6 Å². The summed E-state index contributed by atoms with van der Waals surface area (Å²) < 4.78 is 5.05. The molecule has 0 atom stereocenters. The maximum Gasteiger partial charge on any atom is 0.224 e. The van der Waals surface area contributed by atoms with Crippen molar-refractivity contribution in [1.29, 1.82) is 0 Å². The van der Waals surface area contributed by atoms with Gasteiger partial charge in [0.05, 0.1) is 19.0 Å². The first-order valence-electron chi connectivity index (χ1n) is 4.55. The van der Waals surface area contributed by atoms with Crippen molar-refractivity contribution in [2.24, 2.45) is 0 Å². The highest BCUT2D eigenvalue weighted by molar-refractivity contribution is 5.92. The molecule has 0 spiro atoms. The fourth-order valence-corrected chi connectivity index (χ4v) is 1.09. The van der Waals surface area contributed by atoms with E-state index in [4.69, 9.17) is 4.74 Å². The molecule has 1 N–H and O–H groups in total. The SMILES string of the molecule is CCCC(=O)Nc1ccncc1OC. The molecular formula is C10H14N2O2. The number of rotatable bonds is 4. The van der Waals surface area contributed by atoms with Gasteiger partial charge in [0.25, 0.3) is 0 Å². The Bertz CT molecular complexity index is 313. The number of nitrogens with one attached hydrogen (secondary N) is 1. The molecule has 0 radical (unpaired) electrons. The maximum atomic E-state index is 11.3. The number of amides is 1. The molecule has 1 aromatic rings. The summed E-state index contributed by atoms with van der Waals surface area (Å²) in [6.45, 7) is 1.96. The Balaban J connectivity index is 2.70. The molecule has 1 rings (SSSR count). The highest BCUT2D eigenvalue weighted by Gasteiger charge is 2.05. The molecule has 0 aliphatic rings. The Morgan fingerprint density at radius 3 is 3.07 bits per heavy atom.